The van der Waals surface area contributed by atoms with Crippen molar-refractivity contribution >= 4 is 32.9 Å². The Hall–Kier alpha value is -3.41. The summed E-state index contributed by atoms with van der Waals surface area (Å²) in [6.07, 6.45) is 13.8. The van der Waals surface area contributed by atoms with Gasteiger partial charge in [0.15, 0.2) is 0 Å². The van der Waals surface area contributed by atoms with E-state index in [1.807, 2.05) is 0 Å². The van der Waals surface area contributed by atoms with Gasteiger partial charge in [0.25, 0.3) is 5.91 Å². The first-order chi connectivity index (χ1) is 23.0. The minimum Gasteiger partial charge on any atom is -0.496 e. The third-order valence-corrected chi connectivity index (χ3v) is 12.6. The molecule has 11 heteroatoms. The van der Waals surface area contributed by atoms with Gasteiger partial charge in [-0.05, 0) is 93.0 Å². The Morgan fingerprint density at radius 1 is 1.02 bits per heavy atom. The number of ether oxygens (including phenoxy) is 1. The average molecular weight is 676 g/mol. The van der Waals surface area contributed by atoms with Crippen molar-refractivity contribution in [3.63, 3.8) is 0 Å². The molecular weight excluding hydrogens is 627 g/mol. The molecule has 7 rings (SSSR count). The maximum atomic E-state index is 14.8. The Bertz CT molecular complexity index is 1850. The van der Waals surface area contributed by atoms with Crippen LogP contribution in [-0.2, 0) is 26.3 Å². The molecule has 10 nitrogen and oxygen atoms in total. The zero-order chi connectivity index (χ0) is 33.9. The second kappa shape index (κ2) is 12.8. The van der Waals surface area contributed by atoms with Gasteiger partial charge in [0.05, 0.1) is 24.1 Å². The summed E-state index contributed by atoms with van der Waals surface area (Å²) in [6, 6.07) is 6.69. The van der Waals surface area contributed by atoms with Crippen LogP contribution in [0.3, 0.4) is 0 Å². The number of likely N-dealkylation sites (tertiary alicyclic amines) is 1. The number of hydrogen-bond donors (Lipinski definition) is 1. The van der Waals surface area contributed by atoms with E-state index in [-0.39, 0.29) is 23.8 Å². The number of allylic oxidation sites excluding steroid dienone is 4. The summed E-state index contributed by atoms with van der Waals surface area (Å²) in [5.74, 6) is 0.133. The summed E-state index contributed by atoms with van der Waals surface area (Å²) >= 11 is 0. The number of likely N-dealkylation sites (N-methyl/N-ethyl adjacent to an activating group) is 1. The molecule has 2 amide bonds. The van der Waals surface area contributed by atoms with Gasteiger partial charge in [-0.3, -0.25) is 9.59 Å². The number of methoxy groups -OCH3 is 1. The molecule has 0 spiro atoms. The third-order valence-electron chi connectivity index (χ3n) is 11.2. The van der Waals surface area contributed by atoms with Crippen LogP contribution in [0, 0.1) is 5.92 Å². The topological polar surface area (TPSA) is 104 Å². The SMILES string of the molecule is COc1ccc(C2CCCCC2)c2c1cc1n2CC2=C(C(=O)NS(=O)(=O)N(C)C)C2=C2C=CC[C@@H](C(=O)N3CCCC[C@@H]3CN(C)C)[C@@H]21. The van der Waals surface area contributed by atoms with Crippen LogP contribution in [0.25, 0.3) is 10.9 Å². The number of nitrogens with zero attached hydrogens (tertiary/aromatic N) is 4. The molecule has 48 heavy (non-hydrogen) atoms. The number of carbonyl (C=O) groups is 2. The molecule has 1 saturated heterocycles. The summed E-state index contributed by atoms with van der Waals surface area (Å²) in [5, 5.41) is 1.03. The molecule has 1 aromatic carbocycles. The second-order valence-electron chi connectivity index (χ2n) is 14.7. The number of amides is 2. The largest absolute Gasteiger partial charge is 0.496 e. The molecule has 2 fully saturated rings. The number of nitrogens with one attached hydrogen (secondary N) is 1. The van der Waals surface area contributed by atoms with E-state index in [0.717, 1.165) is 88.6 Å². The molecule has 1 N–H and O–H groups in total. The first-order valence-electron chi connectivity index (χ1n) is 17.6. The molecule has 3 heterocycles. The molecule has 1 saturated carbocycles. The molecule has 5 aliphatic rings. The summed E-state index contributed by atoms with van der Waals surface area (Å²) in [5.41, 5.74) is 6.48. The van der Waals surface area contributed by atoms with Crippen LogP contribution in [-0.4, -0.2) is 93.3 Å². The number of rotatable bonds is 8. The van der Waals surface area contributed by atoms with Gasteiger partial charge in [-0.1, -0.05) is 37.5 Å². The lowest BCUT2D eigenvalue weighted by molar-refractivity contribution is -0.140. The van der Waals surface area contributed by atoms with E-state index in [1.165, 1.54) is 38.9 Å². The normalized spacial score (nSPS) is 24.5. The van der Waals surface area contributed by atoms with Gasteiger partial charge in [-0.15, -0.1) is 0 Å². The van der Waals surface area contributed by atoms with Crippen molar-refractivity contribution in [2.75, 3.05) is 48.4 Å². The summed E-state index contributed by atoms with van der Waals surface area (Å²) in [4.78, 5) is 32.8. The molecule has 2 aliphatic heterocycles. The van der Waals surface area contributed by atoms with Crippen molar-refractivity contribution in [3.05, 3.63) is 63.9 Å². The van der Waals surface area contributed by atoms with E-state index in [9.17, 15) is 18.0 Å². The maximum Gasteiger partial charge on any atom is 0.303 e. The molecule has 0 radical (unpaired) electrons. The molecule has 0 unspecified atom stereocenters. The van der Waals surface area contributed by atoms with Gasteiger partial charge >= 0.3 is 10.2 Å². The Balaban J connectivity index is 1.40. The highest BCUT2D eigenvalue weighted by molar-refractivity contribution is 7.87. The predicted molar refractivity (Wildman–Crippen MR) is 187 cm³/mol. The highest BCUT2D eigenvalue weighted by Gasteiger charge is 2.48. The van der Waals surface area contributed by atoms with Gasteiger partial charge in [0, 0.05) is 56.8 Å². The van der Waals surface area contributed by atoms with E-state index in [2.05, 4.69) is 63.5 Å². The van der Waals surface area contributed by atoms with E-state index in [1.54, 1.807) is 7.11 Å². The Kier molecular flexibility index (Phi) is 8.83. The highest BCUT2D eigenvalue weighted by Crippen LogP contribution is 2.55. The van der Waals surface area contributed by atoms with Crippen LogP contribution in [0.4, 0.5) is 0 Å². The lowest BCUT2D eigenvalue weighted by atomic mass is 9.75. The van der Waals surface area contributed by atoms with Gasteiger partial charge in [0.2, 0.25) is 5.91 Å². The van der Waals surface area contributed by atoms with Crippen LogP contribution in [0.2, 0.25) is 0 Å². The number of aromatic nitrogens is 1. The van der Waals surface area contributed by atoms with Gasteiger partial charge in [-0.2, -0.15) is 12.7 Å². The summed E-state index contributed by atoms with van der Waals surface area (Å²) < 4.78 is 37.0. The molecule has 2 aromatic rings. The lowest BCUT2D eigenvalue weighted by Crippen LogP contribution is -2.51. The van der Waals surface area contributed by atoms with Gasteiger partial charge in [0.1, 0.15) is 5.75 Å². The average Bonchev–Trinajstić information content (AvgIpc) is 3.70. The van der Waals surface area contributed by atoms with Crippen molar-refractivity contribution in [2.45, 2.75) is 82.2 Å². The minimum absolute atomic E-state index is 0.157. The quantitative estimate of drug-likeness (QED) is 0.430. The van der Waals surface area contributed by atoms with Crippen LogP contribution in [0.1, 0.15) is 80.9 Å². The fraction of sp³-hybridized carbons (Fsp3) is 0.568. The standard InChI is InChI=1S/C37H49N5O5S/c1-39(2)21-24-14-9-10-19-41(24)37(44)27-16-11-15-26-32(27)30-20-28-31(47-5)18-17-25(23-12-7-6-8-13-23)35(28)42(30)22-29-33(26)34(29)36(43)38-48(45,46)40(3)4/h11,15,17-18,20,23-24,27,32H,6-10,12-14,16,19,21-22H2,1-5H3,(H,38,43)/t24-,27-,32-/m1/s1. The van der Waals surface area contributed by atoms with Crippen molar-refractivity contribution in [1.29, 1.82) is 0 Å². The maximum absolute atomic E-state index is 14.8. The van der Waals surface area contributed by atoms with E-state index < -0.39 is 16.1 Å². The van der Waals surface area contributed by atoms with Crippen molar-refractivity contribution in [1.82, 2.24) is 23.4 Å². The predicted octanol–water partition coefficient (Wildman–Crippen LogP) is 4.84. The molecule has 3 aliphatic carbocycles. The van der Waals surface area contributed by atoms with Crippen molar-refractivity contribution < 1.29 is 22.7 Å². The molecule has 1 aromatic heterocycles. The van der Waals surface area contributed by atoms with E-state index in [4.69, 9.17) is 4.74 Å². The Morgan fingerprint density at radius 2 is 1.77 bits per heavy atom. The van der Waals surface area contributed by atoms with Gasteiger partial charge < -0.3 is 19.1 Å². The van der Waals surface area contributed by atoms with Crippen LogP contribution in [0.5, 0.6) is 5.75 Å². The zero-order valence-corrected chi connectivity index (χ0v) is 29.7. The smallest absolute Gasteiger partial charge is 0.303 e. The molecule has 258 valence electrons. The van der Waals surface area contributed by atoms with Crippen molar-refractivity contribution in [3.8, 4) is 5.75 Å². The summed E-state index contributed by atoms with van der Waals surface area (Å²) in [7, 11) is 4.65. The number of carbonyl (C=O) groups excluding carboxylic acids is 2. The first kappa shape index (κ1) is 33.1. The molecule has 3 atom stereocenters. The van der Waals surface area contributed by atoms with E-state index in [0.29, 0.717) is 24.5 Å². The molecule has 0 bridgehead atoms. The van der Waals surface area contributed by atoms with Crippen LogP contribution < -0.4 is 9.46 Å². The second-order valence-corrected chi connectivity index (χ2v) is 16.6. The Morgan fingerprint density at radius 3 is 2.48 bits per heavy atom. The van der Waals surface area contributed by atoms with Crippen LogP contribution in [0.15, 0.2) is 52.6 Å². The van der Waals surface area contributed by atoms with Crippen molar-refractivity contribution in [2.24, 2.45) is 5.92 Å². The zero-order valence-electron chi connectivity index (χ0n) is 28.9. The lowest BCUT2D eigenvalue weighted by Gasteiger charge is -2.41. The fourth-order valence-electron chi connectivity index (χ4n) is 8.88. The number of hydrogen-bond acceptors (Lipinski definition) is 6. The van der Waals surface area contributed by atoms with Gasteiger partial charge in [-0.25, -0.2) is 4.72 Å². The Labute approximate surface area is 284 Å². The monoisotopic (exact) mass is 675 g/mol. The highest BCUT2D eigenvalue weighted by atomic mass is 32.2. The third kappa shape index (κ3) is 5.71. The first-order valence-corrected chi connectivity index (χ1v) is 19.0. The number of fused-ring (bicyclic) bond motifs is 6. The fourth-order valence-corrected chi connectivity index (χ4v) is 9.40. The van der Waals surface area contributed by atoms with Crippen LogP contribution >= 0.6 is 0 Å². The van der Waals surface area contributed by atoms with E-state index >= 15 is 0 Å². The minimum atomic E-state index is -3.98. The summed E-state index contributed by atoms with van der Waals surface area (Å²) in [6.45, 7) is 2.01. The number of piperidine rings is 1. The number of benzene rings is 1. The molecular formula is C37H49N5O5S.